The van der Waals surface area contributed by atoms with Crippen molar-refractivity contribution < 1.29 is 9.47 Å². The van der Waals surface area contributed by atoms with Crippen LogP contribution >= 0.6 is 0 Å². The van der Waals surface area contributed by atoms with E-state index in [1.54, 1.807) is 14.2 Å². The van der Waals surface area contributed by atoms with E-state index in [9.17, 15) is 0 Å². The Kier molecular flexibility index (Phi) is 3.10. The Morgan fingerprint density at radius 2 is 1.25 bits per heavy atom. The second-order valence-corrected chi connectivity index (χ2v) is 3.29. The van der Waals surface area contributed by atoms with Crippen LogP contribution in [-0.4, -0.2) is 14.2 Å². The predicted molar refractivity (Wildman–Crippen MR) is 62.7 cm³/mol. The molecule has 0 aliphatic heterocycles. The zero-order valence-electron chi connectivity index (χ0n) is 9.28. The minimum absolute atomic E-state index is 0.726. The summed E-state index contributed by atoms with van der Waals surface area (Å²) >= 11 is 0. The summed E-state index contributed by atoms with van der Waals surface area (Å²) in [5.41, 5.74) is 2.14. The van der Waals surface area contributed by atoms with Gasteiger partial charge in [0.05, 0.1) is 14.2 Å². The first-order valence-corrected chi connectivity index (χ1v) is 4.95. The molecule has 2 rings (SSSR count). The Morgan fingerprint density at radius 1 is 0.812 bits per heavy atom. The molecule has 2 heteroatoms. The lowest BCUT2D eigenvalue weighted by atomic mass is 10.1. The van der Waals surface area contributed by atoms with Gasteiger partial charge in [0, 0.05) is 12.1 Å². The molecule has 0 spiro atoms. The largest absolute Gasteiger partial charge is 0.496 e. The number of hydrogen-bond acceptors (Lipinski definition) is 2. The van der Waals surface area contributed by atoms with Crippen molar-refractivity contribution in [1.82, 2.24) is 0 Å². The maximum Gasteiger partial charge on any atom is 0.127 e. The topological polar surface area (TPSA) is 18.5 Å². The number of rotatable bonds is 3. The molecular weight excluding hydrogens is 200 g/mol. The van der Waals surface area contributed by atoms with Gasteiger partial charge in [-0.25, -0.2) is 0 Å². The van der Waals surface area contributed by atoms with Crippen LogP contribution in [0.15, 0.2) is 36.4 Å². The lowest BCUT2D eigenvalue weighted by Crippen LogP contribution is -1.86. The van der Waals surface area contributed by atoms with Crippen LogP contribution in [0.4, 0.5) is 0 Å². The van der Waals surface area contributed by atoms with Gasteiger partial charge in [-0.2, -0.15) is 0 Å². The van der Waals surface area contributed by atoms with Gasteiger partial charge in [0.15, 0.2) is 0 Å². The molecule has 0 aliphatic carbocycles. The molecule has 0 N–H and O–H groups in total. The summed E-state index contributed by atoms with van der Waals surface area (Å²) < 4.78 is 10.3. The van der Waals surface area contributed by atoms with E-state index in [-0.39, 0.29) is 0 Å². The number of hydrogen-bond donors (Lipinski definition) is 0. The third kappa shape index (κ3) is 2.16. The molecule has 0 unspecified atom stereocenters. The summed E-state index contributed by atoms with van der Waals surface area (Å²) in [6.45, 7) is 0. The minimum Gasteiger partial charge on any atom is -0.496 e. The van der Waals surface area contributed by atoms with Gasteiger partial charge in [-0.15, -0.1) is 0 Å². The Bertz CT molecular complexity index is 432. The van der Waals surface area contributed by atoms with E-state index in [2.05, 4.69) is 12.1 Å². The monoisotopic (exact) mass is 212 g/mol. The standard InChI is InChI=1S/C14H12O2/c1-15-13-7-3-5-11(9-13)12-6-4-8-14(10-12)16-2/h3-6,9-10H,1-2H3. The van der Waals surface area contributed by atoms with E-state index < -0.39 is 0 Å². The van der Waals surface area contributed by atoms with E-state index in [1.807, 2.05) is 36.4 Å². The van der Waals surface area contributed by atoms with Gasteiger partial charge >= 0.3 is 0 Å². The molecule has 16 heavy (non-hydrogen) atoms. The van der Waals surface area contributed by atoms with Crippen LogP contribution < -0.4 is 9.47 Å². The smallest absolute Gasteiger partial charge is 0.127 e. The highest BCUT2D eigenvalue weighted by Crippen LogP contribution is 2.25. The van der Waals surface area contributed by atoms with Gasteiger partial charge in [0.2, 0.25) is 0 Å². The van der Waals surface area contributed by atoms with Crippen molar-refractivity contribution >= 4 is 0 Å². The molecular formula is C14H12O2. The zero-order chi connectivity index (χ0) is 11.4. The van der Waals surface area contributed by atoms with Crippen molar-refractivity contribution in [3.8, 4) is 22.6 Å². The third-order valence-electron chi connectivity index (χ3n) is 2.32. The van der Waals surface area contributed by atoms with Gasteiger partial charge in [-0.3, -0.25) is 0 Å². The molecule has 2 aromatic rings. The number of benzene rings is 2. The van der Waals surface area contributed by atoms with Crippen molar-refractivity contribution in [2.24, 2.45) is 0 Å². The fraction of sp³-hybridized carbons (Fsp3) is 0.143. The van der Waals surface area contributed by atoms with Crippen molar-refractivity contribution in [1.29, 1.82) is 0 Å². The van der Waals surface area contributed by atoms with Crippen LogP contribution in [0.25, 0.3) is 11.1 Å². The Balaban J connectivity index is 2.41. The minimum atomic E-state index is 0.726. The average Bonchev–Trinajstić information content (AvgIpc) is 2.39. The van der Waals surface area contributed by atoms with Crippen LogP contribution in [0.3, 0.4) is 0 Å². The Morgan fingerprint density at radius 3 is 1.62 bits per heavy atom. The van der Waals surface area contributed by atoms with Crippen molar-refractivity contribution in [3.63, 3.8) is 0 Å². The van der Waals surface area contributed by atoms with Gasteiger partial charge in [-0.05, 0) is 35.4 Å². The van der Waals surface area contributed by atoms with Gasteiger partial charge < -0.3 is 9.47 Å². The molecule has 2 radical (unpaired) electrons. The molecule has 80 valence electrons. The van der Waals surface area contributed by atoms with E-state index in [1.165, 1.54) is 0 Å². The van der Waals surface area contributed by atoms with E-state index >= 15 is 0 Å². The maximum atomic E-state index is 5.14. The highest BCUT2D eigenvalue weighted by atomic mass is 16.5. The molecule has 0 aromatic heterocycles. The summed E-state index contributed by atoms with van der Waals surface area (Å²) in [4.78, 5) is 0. The third-order valence-corrected chi connectivity index (χ3v) is 2.32. The number of ether oxygens (including phenoxy) is 2. The molecule has 0 saturated heterocycles. The summed E-state index contributed by atoms with van der Waals surface area (Å²) in [5, 5.41) is 0. The summed E-state index contributed by atoms with van der Waals surface area (Å²) in [5.74, 6) is 1.45. The van der Waals surface area contributed by atoms with Crippen LogP contribution in [0, 0.1) is 12.1 Å². The van der Waals surface area contributed by atoms with E-state index in [0.29, 0.717) is 0 Å². The van der Waals surface area contributed by atoms with Gasteiger partial charge in [0.25, 0.3) is 0 Å². The average molecular weight is 212 g/mol. The van der Waals surface area contributed by atoms with E-state index in [0.717, 1.165) is 22.6 Å². The lowest BCUT2D eigenvalue weighted by molar-refractivity contribution is 0.413. The van der Waals surface area contributed by atoms with Gasteiger partial charge in [0.1, 0.15) is 11.5 Å². The second-order valence-electron chi connectivity index (χ2n) is 3.29. The predicted octanol–water partition coefficient (Wildman–Crippen LogP) is 2.97. The van der Waals surface area contributed by atoms with Crippen molar-refractivity contribution in [2.45, 2.75) is 0 Å². The molecule has 0 fully saturated rings. The van der Waals surface area contributed by atoms with Crippen LogP contribution in [0.2, 0.25) is 0 Å². The lowest BCUT2D eigenvalue weighted by Gasteiger charge is -2.05. The zero-order valence-corrected chi connectivity index (χ0v) is 9.28. The first-order chi connectivity index (χ1) is 7.83. The summed E-state index contributed by atoms with van der Waals surface area (Å²) in [6, 6.07) is 17.5. The first kappa shape index (κ1) is 10.6. The summed E-state index contributed by atoms with van der Waals surface area (Å²) in [7, 11) is 3.27. The molecule has 0 bridgehead atoms. The molecule has 0 heterocycles. The quantitative estimate of drug-likeness (QED) is 0.778. The summed E-state index contributed by atoms with van der Waals surface area (Å²) in [6.07, 6.45) is 0. The van der Waals surface area contributed by atoms with Crippen molar-refractivity contribution in [2.75, 3.05) is 14.2 Å². The molecule has 2 nitrogen and oxygen atoms in total. The van der Waals surface area contributed by atoms with Crippen LogP contribution in [0.5, 0.6) is 11.5 Å². The van der Waals surface area contributed by atoms with Gasteiger partial charge in [-0.1, -0.05) is 12.1 Å². The first-order valence-electron chi connectivity index (χ1n) is 4.95. The Labute approximate surface area is 95.4 Å². The second kappa shape index (κ2) is 4.71. The fourth-order valence-electron chi connectivity index (χ4n) is 1.48. The molecule has 0 saturated carbocycles. The van der Waals surface area contributed by atoms with Crippen LogP contribution in [0.1, 0.15) is 0 Å². The van der Waals surface area contributed by atoms with E-state index in [4.69, 9.17) is 9.47 Å². The highest BCUT2D eigenvalue weighted by Gasteiger charge is 2.01. The maximum absolute atomic E-state index is 5.14. The van der Waals surface area contributed by atoms with Crippen molar-refractivity contribution in [3.05, 3.63) is 48.5 Å². The van der Waals surface area contributed by atoms with Crippen LogP contribution in [-0.2, 0) is 0 Å². The molecule has 2 aromatic carbocycles. The normalized spacial score (nSPS) is 9.88. The number of methoxy groups -OCH3 is 2. The molecule has 0 atom stereocenters. The SMILES string of the molecule is COc1[c]ccc(-c2cc[c]c(OC)c2)c1. The fourth-order valence-corrected chi connectivity index (χ4v) is 1.48. The molecule has 0 aliphatic rings. The molecule has 0 amide bonds. The highest BCUT2D eigenvalue weighted by molar-refractivity contribution is 5.66. The Hall–Kier alpha value is -1.96.